The van der Waals surface area contributed by atoms with Crippen LogP contribution in [0.3, 0.4) is 0 Å². The van der Waals surface area contributed by atoms with E-state index in [1.54, 1.807) is 0 Å². The van der Waals surface area contributed by atoms with Crippen LogP contribution in [0.1, 0.15) is 463 Å². The lowest BCUT2D eigenvalue weighted by atomic mass is 10.0. The van der Waals surface area contributed by atoms with Gasteiger partial charge in [0.1, 0.15) is 19.8 Å². The maximum absolute atomic E-state index is 12.9. The molecule has 0 aliphatic carbocycles. The lowest BCUT2D eigenvalue weighted by Crippen LogP contribution is -2.37. The Morgan fingerprint density at radius 1 is 0.319 bits per heavy atom. The van der Waals surface area contributed by atoms with E-state index in [0.717, 1.165) is 32.1 Å². The Kier molecular flexibility index (Phi) is 74.9. The SMILES string of the molecule is CCCCCCCCCC/C=C\CCCCCCCCCCCCCCCCCCCCCC(=O)OC(COC(=O)CCCCCCCCCCCCCCCCCCCCCCCCCCCCCCCCCCCCCCCCC)COP(=O)([O-])OCC[N+](C)(C)C. The number of carbonyl (C=O) groups excluding carboxylic acids is 2. The monoisotopic (exact) mass is 1350 g/mol. The largest absolute Gasteiger partial charge is 0.756 e. The first-order chi connectivity index (χ1) is 46.0. The Balaban J connectivity index is 3.85. The number of phosphoric acid groups is 1. The first-order valence-electron chi connectivity index (χ1n) is 42.4. The second kappa shape index (κ2) is 75.9. The van der Waals surface area contributed by atoms with Crippen LogP contribution >= 0.6 is 7.82 Å². The van der Waals surface area contributed by atoms with Crippen LogP contribution in [-0.2, 0) is 32.7 Å². The average Bonchev–Trinajstić information content (AvgIpc) is 1.66. The number of phosphoric ester groups is 1. The first-order valence-corrected chi connectivity index (χ1v) is 43.9. The van der Waals surface area contributed by atoms with Gasteiger partial charge in [-0.05, 0) is 38.5 Å². The van der Waals surface area contributed by atoms with Gasteiger partial charge in [-0.2, -0.15) is 0 Å². The molecule has 0 fully saturated rings. The third kappa shape index (κ3) is 79.7. The van der Waals surface area contributed by atoms with Gasteiger partial charge in [-0.1, -0.05) is 424 Å². The van der Waals surface area contributed by atoms with E-state index in [-0.39, 0.29) is 32.0 Å². The van der Waals surface area contributed by atoms with E-state index < -0.39 is 26.5 Å². The Bertz CT molecular complexity index is 1590. The third-order valence-corrected chi connectivity index (χ3v) is 20.7. The van der Waals surface area contributed by atoms with Crippen molar-refractivity contribution in [1.82, 2.24) is 0 Å². The molecule has 0 spiro atoms. The molecule has 2 atom stereocenters. The van der Waals surface area contributed by atoms with E-state index in [9.17, 15) is 19.0 Å². The highest BCUT2D eigenvalue weighted by atomic mass is 31.2. The Morgan fingerprint density at radius 2 is 0.543 bits per heavy atom. The van der Waals surface area contributed by atoms with Gasteiger partial charge in [-0.3, -0.25) is 14.2 Å². The number of nitrogens with zero attached hydrogens (tertiary/aromatic N) is 1. The van der Waals surface area contributed by atoms with Crippen molar-refractivity contribution in [2.24, 2.45) is 0 Å². The zero-order valence-corrected chi connectivity index (χ0v) is 65.1. The molecule has 0 aromatic heterocycles. The summed E-state index contributed by atoms with van der Waals surface area (Å²) < 4.78 is 34.5. The lowest BCUT2D eigenvalue weighted by Gasteiger charge is -2.28. The van der Waals surface area contributed by atoms with E-state index in [1.165, 1.54) is 398 Å². The van der Waals surface area contributed by atoms with Crippen molar-refractivity contribution in [1.29, 1.82) is 0 Å². The quantitative estimate of drug-likeness (QED) is 0.0195. The molecule has 9 nitrogen and oxygen atoms in total. The number of carbonyl (C=O) groups is 2. The Hall–Kier alpha value is -1.25. The van der Waals surface area contributed by atoms with E-state index in [0.29, 0.717) is 17.4 Å². The standard InChI is InChI=1S/C84H166NO8P/c1-6-8-10-12-14-16-18-20-22-24-26-28-30-32-34-36-38-39-40-41-42-43-44-45-47-48-50-52-54-56-58-60-62-64-66-68-70-72-74-76-83(86)90-80-82(81-92-94(88,89)91-79-78-85(3,4)5)93-84(87)77-75-73-71-69-67-65-63-61-59-57-55-53-51-49-46-37-35-33-31-29-27-25-23-21-19-17-15-13-11-9-7-2/h25,27,82H,6-24,26,28-81H2,1-5H3/b27-25-. The number of quaternary nitrogens is 1. The van der Waals surface area contributed by atoms with Crippen molar-refractivity contribution in [3.63, 3.8) is 0 Å². The summed E-state index contributed by atoms with van der Waals surface area (Å²) in [5.74, 6) is -0.802. The zero-order valence-electron chi connectivity index (χ0n) is 64.2. The zero-order chi connectivity index (χ0) is 68.3. The van der Waals surface area contributed by atoms with Gasteiger partial charge in [0.15, 0.2) is 6.10 Å². The normalized spacial score (nSPS) is 13.0. The number of ether oxygens (including phenoxy) is 2. The van der Waals surface area contributed by atoms with Crippen LogP contribution in [-0.4, -0.2) is 70.0 Å². The summed E-state index contributed by atoms with van der Waals surface area (Å²) in [5.41, 5.74) is 0. The molecule has 560 valence electrons. The van der Waals surface area contributed by atoms with Gasteiger partial charge in [0, 0.05) is 12.8 Å². The summed E-state index contributed by atoms with van der Waals surface area (Å²) in [6, 6.07) is 0. The van der Waals surface area contributed by atoms with Crippen molar-refractivity contribution in [3.8, 4) is 0 Å². The van der Waals surface area contributed by atoms with Gasteiger partial charge in [0.2, 0.25) is 0 Å². The summed E-state index contributed by atoms with van der Waals surface area (Å²) in [5, 5.41) is 0. The van der Waals surface area contributed by atoms with Gasteiger partial charge < -0.3 is 27.9 Å². The van der Waals surface area contributed by atoms with Crippen LogP contribution in [0.5, 0.6) is 0 Å². The molecular formula is C84H166NO8P. The van der Waals surface area contributed by atoms with Crippen LogP contribution in [0, 0.1) is 0 Å². The molecule has 0 aromatic carbocycles. The highest BCUT2D eigenvalue weighted by molar-refractivity contribution is 7.45. The molecule has 0 radical (unpaired) electrons. The van der Waals surface area contributed by atoms with Crippen molar-refractivity contribution in [2.75, 3.05) is 47.5 Å². The maximum atomic E-state index is 12.9. The summed E-state index contributed by atoms with van der Waals surface area (Å²) in [4.78, 5) is 38.2. The molecule has 94 heavy (non-hydrogen) atoms. The van der Waals surface area contributed by atoms with Crippen LogP contribution < -0.4 is 4.89 Å². The summed E-state index contributed by atoms with van der Waals surface area (Å²) in [7, 11) is 1.20. The van der Waals surface area contributed by atoms with Gasteiger partial charge in [0.05, 0.1) is 27.7 Å². The van der Waals surface area contributed by atoms with Crippen molar-refractivity contribution in [3.05, 3.63) is 12.2 Å². The smallest absolute Gasteiger partial charge is 0.306 e. The van der Waals surface area contributed by atoms with Crippen LogP contribution in [0.25, 0.3) is 0 Å². The minimum absolute atomic E-state index is 0.0257. The van der Waals surface area contributed by atoms with E-state index in [1.807, 2.05) is 21.1 Å². The number of hydrogen-bond donors (Lipinski definition) is 0. The second-order valence-corrected chi connectivity index (χ2v) is 32.0. The van der Waals surface area contributed by atoms with Crippen LogP contribution in [0.2, 0.25) is 0 Å². The van der Waals surface area contributed by atoms with Gasteiger partial charge in [0.25, 0.3) is 7.82 Å². The number of esters is 2. The molecule has 0 bridgehead atoms. The molecule has 0 heterocycles. The fourth-order valence-electron chi connectivity index (χ4n) is 13.3. The van der Waals surface area contributed by atoms with E-state index in [4.69, 9.17) is 18.5 Å². The number of unbranched alkanes of at least 4 members (excludes halogenated alkanes) is 65. The maximum Gasteiger partial charge on any atom is 0.306 e. The van der Waals surface area contributed by atoms with Gasteiger partial charge in [-0.15, -0.1) is 0 Å². The fourth-order valence-corrected chi connectivity index (χ4v) is 14.0. The predicted molar refractivity (Wildman–Crippen MR) is 407 cm³/mol. The van der Waals surface area contributed by atoms with Gasteiger partial charge >= 0.3 is 11.9 Å². The summed E-state index contributed by atoms with van der Waals surface area (Å²) >= 11 is 0. The Labute approximate surface area is 587 Å². The summed E-state index contributed by atoms with van der Waals surface area (Å²) in [6.07, 6.45) is 96.6. The molecule has 10 heteroatoms. The molecular weight excluding hydrogens is 1180 g/mol. The molecule has 0 N–H and O–H groups in total. The number of rotatable bonds is 81. The van der Waals surface area contributed by atoms with Crippen LogP contribution in [0.15, 0.2) is 12.2 Å². The molecule has 0 amide bonds. The minimum Gasteiger partial charge on any atom is -0.756 e. The van der Waals surface area contributed by atoms with Crippen molar-refractivity contribution >= 4 is 19.8 Å². The number of hydrogen-bond acceptors (Lipinski definition) is 8. The van der Waals surface area contributed by atoms with Crippen LogP contribution in [0.4, 0.5) is 0 Å². The Morgan fingerprint density at radius 3 is 0.787 bits per heavy atom. The highest BCUT2D eigenvalue weighted by Gasteiger charge is 2.22. The topological polar surface area (TPSA) is 111 Å². The van der Waals surface area contributed by atoms with E-state index in [2.05, 4.69) is 26.0 Å². The van der Waals surface area contributed by atoms with Gasteiger partial charge in [-0.25, -0.2) is 0 Å². The summed E-state index contributed by atoms with van der Waals surface area (Å²) in [6.45, 7) is 4.34. The second-order valence-electron chi connectivity index (χ2n) is 30.6. The average molecular weight is 1350 g/mol. The number of likely N-dealkylation sites (N-methyl/N-ethyl adjacent to an activating group) is 1. The molecule has 0 rings (SSSR count). The molecule has 0 aliphatic heterocycles. The fraction of sp³-hybridized carbons (Fsp3) is 0.952. The third-order valence-electron chi connectivity index (χ3n) is 19.8. The van der Waals surface area contributed by atoms with Crippen molar-refractivity contribution < 1.29 is 42.1 Å². The predicted octanol–water partition coefficient (Wildman–Crippen LogP) is 27.6. The lowest BCUT2D eigenvalue weighted by molar-refractivity contribution is -0.870. The molecule has 2 unspecified atom stereocenters. The van der Waals surface area contributed by atoms with E-state index >= 15 is 0 Å². The highest BCUT2D eigenvalue weighted by Crippen LogP contribution is 2.38. The number of allylic oxidation sites excluding steroid dienone is 2. The molecule has 0 saturated heterocycles. The first kappa shape index (κ1) is 92.8. The van der Waals surface area contributed by atoms with Crippen molar-refractivity contribution in [2.45, 2.75) is 469 Å². The molecule has 0 saturated carbocycles. The molecule has 0 aromatic rings. The minimum atomic E-state index is -4.64. The molecule has 0 aliphatic rings.